The van der Waals surface area contributed by atoms with Crippen LogP contribution in [0, 0.1) is 0 Å². The van der Waals surface area contributed by atoms with Gasteiger partial charge in [0, 0.05) is 5.56 Å². The summed E-state index contributed by atoms with van der Waals surface area (Å²) in [6, 6.07) is 9.60. The molecule has 0 bridgehead atoms. The SMILES string of the molecule is O=C(CSCCCN1CCCCC1)c1ccccc1. The van der Waals surface area contributed by atoms with Crippen molar-refractivity contribution < 1.29 is 4.79 Å². The third-order valence-corrected chi connectivity index (χ3v) is 4.58. The fourth-order valence-electron chi connectivity index (χ4n) is 2.45. The predicted molar refractivity (Wildman–Crippen MR) is 83.0 cm³/mol. The van der Waals surface area contributed by atoms with Crippen molar-refractivity contribution in [2.45, 2.75) is 25.7 Å². The molecule has 1 aliphatic rings. The Hall–Kier alpha value is -0.800. The lowest BCUT2D eigenvalue weighted by Crippen LogP contribution is -2.30. The standard InChI is InChI=1S/C16H23NOS/c18-16(15-8-3-1-4-9-15)14-19-13-7-12-17-10-5-2-6-11-17/h1,3-4,8-9H,2,5-7,10-14H2. The lowest BCUT2D eigenvalue weighted by atomic mass is 10.1. The molecule has 0 spiro atoms. The quantitative estimate of drug-likeness (QED) is 0.562. The Morgan fingerprint density at radius 2 is 1.84 bits per heavy atom. The van der Waals surface area contributed by atoms with Crippen molar-refractivity contribution in [3.63, 3.8) is 0 Å². The molecular formula is C16H23NOS. The molecule has 0 unspecified atom stereocenters. The number of ketones is 1. The smallest absolute Gasteiger partial charge is 0.172 e. The molecule has 0 N–H and O–H groups in total. The molecule has 0 aromatic heterocycles. The van der Waals surface area contributed by atoms with E-state index in [2.05, 4.69) is 4.90 Å². The molecule has 2 rings (SSSR count). The number of nitrogens with zero attached hydrogens (tertiary/aromatic N) is 1. The van der Waals surface area contributed by atoms with Gasteiger partial charge in [-0.2, -0.15) is 11.8 Å². The monoisotopic (exact) mass is 277 g/mol. The van der Waals surface area contributed by atoms with Crippen molar-refractivity contribution in [2.24, 2.45) is 0 Å². The van der Waals surface area contributed by atoms with E-state index in [4.69, 9.17) is 0 Å². The number of thioether (sulfide) groups is 1. The molecule has 0 aliphatic carbocycles. The van der Waals surface area contributed by atoms with Crippen molar-refractivity contribution >= 4 is 17.5 Å². The van der Waals surface area contributed by atoms with E-state index >= 15 is 0 Å². The van der Waals surface area contributed by atoms with Gasteiger partial charge in [-0.25, -0.2) is 0 Å². The van der Waals surface area contributed by atoms with Crippen LogP contribution in [0.3, 0.4) is 0 Å². The maximum atomic E-state index is 11.9. The van der Waals surface area contributed by atoms with Crippen molar-refractivity contribution in [1.82, 2.24) is 4.90 Å². The van der Waals surface area contributed by atoms with Gasteiger partial charge in [0.2, 0.25) is 0 Å². The second-order valence-corrected chi connectivity index (χ2v) is 6.20. The van der Waals surface area contributed by atoms with E-state index < -0.39 is 0 Å². The van der Waals surface area contributed by atoms with Crippen LogP contribution in [-0.4, -0.2) is 41.8 Å². The van der Waals surface area contributed by atoms with E-state index in [-0.39, 0.29) is 5.78 Å². The van der Waals surface area contributed by atoms with Crippen LogP contribution in [0.1, 0.15) is 36.0 Å². The third kappa shape index (κ3) is 5.37. The molecule has 1 heterocycles. The first kappa shape index (κ1) is 14.6. The van der Waals surface area contributed by atoms with Crippen molar-refractivity contribution in [3.05, 3.63) is 35.9 Å². The number of benzene rings is 1. The zero-order chi connectivity index (χ0) is 13.3. The summed E-state index contributed by atoms with van der Waals surface area (Å²) in [7, 11) is 0. The van der Waals surface area contributed by atoms with Gasteiger partial charge in [0.05, 0.1) is 5.75 Å². The van der Waals surface area contributed by atoms with Gasteiger partial charge in [-0.1, -0.05) is 36.8 Å². The highest BCUT2D eigenvalue weighted by Gasteiger charge is 2.09. The first-order chi connectivity index (χ1) is 9.36. The molecule has 1 aromatic carbocycles. The number of piperidine rings is 1. The van der Waals surface area contributed by atoms with Crippen LogP contribution < -0.4 is 0 Å². The lowest BCUT2D eigenvalue weighted by Gasteiger charge is -2.26. The highest BCUT2D eigenvalue weighted by Crippen LogP contribution is 2.12. The summed E-state index contributed by atoms with van der Waals surface area (Å²) >= 11 is 1.77. The van der Waals surface area contributed by atoms with Crippen LogP contribution in [0.25, 0.3) is 0 Å². The first-order valence-corrected chi connectivity index (χ1v) is 8.40. The number of hydrogen-bond acceptors (Lipinski definition) is 3. The largest absolute Gasteiger partial charge is 0.303 e. The second-order valence-electron chi connectivity index (χ2n) is 5.10. The Morgan fingerprint density at radius 1 is 1.11 bits per heavy atom. The number of likely N-dealkylation sites (tertiary alicyclic amines) is 1. The summed E-state index contributed by atoms with van der Waals surface area (Å²) in [5.41, 5.74) is 0.839. The second kappa shape index (κ2) is 8.39. The van der Waals surface area contributed by atoms with Gasteiger partial charge in [0.25, 0.3) is 0 Å². The Morgan fingerprint density at radius 3 is 2.58 bits per heavy atom. The number of hydrogen-bond donors (Lipinski definition) is 0. The molecule has 19 heavy (non-hydrogen) atoms. The van der Waals surface area contributed by atoms with E-state index in [1.165, 1.54) is 45.3 Å². The summed E-state index contributed by atoms with van der Waals surface area (Å²) in [6.45, 7) is 3.74. The van der Waals surface area contributed by atoms with E-state index in [1.54, 1.807) is 11.8 Å². The third-order valence-electron chi connectivity index (χ3n) is 3.54. The molecule has 0 atom stereocenters. The highest BCUT2D eigenvalue weighted by molar-refractivity contribution is 7.99. The molecular weight excluding hydrogens is 254 g/mol. The molecule has 3 heteroatoms. The van der Waals surface area contributed by atoms with Crippen molar-refractivity contribution in [3.8, 4) is 0 Å². The first-order valence-electron chi connectivity index (χ1n) is 7.24. The van der Waals surface area contributed by atoms with Crippen LogP contribution in [-0.2, 0) is 0 Å². The maximum absolute atomic E-state index is 11.9. The van der Waals surface area contributed by atoms with E-state index in [9.17, 15) is 4.79 Å². The fraction of sp³-hybridized carbons (Fsp3) is 0.562. The summed E-state index contributed by atoms with van der Waals surface area (Å²) in [5, 5.41) is 0. The Labute approximate surface area is 120 Å². The Kier molecular flexibility index (Phi) is 6.45. The van der Waals surface area contributed by atoms with E-state index in [0.717, 1.165) is 11.3 Å². The van der Waals surface area contributed by atoms with Gasteiger partial charge < -0.3 is 4.90 Å². The summed E-state index contributed by atoms with van der Waals surface area (Å²) in [6.07, 6.45) is 5.32. The molecule has 104 valence electrons. The van der Waals surface area contributed by atoms with Gasteiger partial charge in [0.15, 0.2) is 5.78 Å². The molecule has 1 aliphatic heterocycles. The number of carbonyl (C=O) groups excluding carboxylic acids is 1. The van der Waals surface area contributed by atoms with Crippen molar-refractivity contribution in [2.75, 3.05) is 31.1 Å². The van der Waals surface area contributed by atoms with E-state index in [1.807, 2.05) is 30.3 Å². The van der Waals surface area contributed by atoms with Crippen LogP contribution in [0.2, 0.25) is 0 Å². The van der Waals surface area contributed by atoms with Crippen LogP contribution in [0.15, 0.2) is 30.3 Å². The number of carbonyl (C=O) groups is 1. The van der Waals surface area contributed by atoms with E-state index in [0.29, 0.717) is 5.75 Å². The lowest BCUT2D eigenvalue weighted by molar-refractivity contribution is 0.102. The van der Waals surface area contributed by atoms with Gasteiger partial charge in [-0.05, 0) is 44.6 Å². The Balaban J connectivity index is 1.55. The molecule has 1 saturated heterocycles. The number of rotatable bonds is 7. The molecule has 1 fully saturated rings. The minimum atomic E-state index is 0.253. The molecule has 2 nitrogen and oxygen atoms in total. The fourth-order valence-corrected chi connectivity index (χ4v) is 3.28. The van der Waals surface area contributed by atoms with Gasteiger partial charge in [-0.3, -0.25) is 4.79 Å². The zero-order valence-corrected chi connectivity index (χ0v) is 12.3. The van der Waals surface area contributed by atoms with Gasteiger partial charge in [0.1, 0.15) is 0 Å². The molecule has 0 saturated carbocycles. The topological polar surface area (TPSA) is 20.3 Å². The van der Waals surface area contributed by atoms with Crippen molar-refractivity contribution in [1.29, 1.82) is 0 Å². The maximum Gasteiger partial charge on any atom is 0.172 e. The number of Topliss-reactive ketones (excluding diaryl/α,β-unsaturated/α-hetero) is 1. The minimum Gasteiger partial charge on any atom is -0.303 e. The predicted octanol–water partition coefficient (Wildman–Crippen LogP) is 3.48. The Bertz CT molecular complexity index is 374. The highest BCUT2D eigenvalue weighted by atomic mass is 32.2. The molecule has 1 aromatic rings. The van der Waals surface area contributed by atoms with Gasteiger partial charge >= 0.3 is 0 Å². The summed E-state index contributed by atoms with van der Waals surface area (Å²) < 4.78 is 0. The average Bonchev–Trinajstić information content (AvgIpc) is 2.49. The summed E-state index contributed by atoms with van der Waals surface area (Å²) in [4.78, 5) is 14.4. The van der Waals surface area contributed by atoms with Crippen LogP contribution >= 0.6 is 11.8 Å². The van der Waals surface area contributed by atoms with Crippen LogP contribution in [0.5, 0.6) is 0 Å². The zero-order valence-electron chi connectivity index (χ0n) is 11.5. The van der Waals surface area contributed by atoms with Gasteiger partial charge in [-0.15, -0.1) is 0 Å². The molecule has 0 amide bonds. The minimum absolute atomic E-state index is 0.253. The van der Waals surface area contributed by atoms with Crippen LogP contribution in [0.4, 0.5) is 0 Å². The summed E-state index contributed by atoms with van der Waals surface area (Å²) in [5.74, 6) is 1.96. The normalized spacial score (nSPS) is 16.4. The molecule has 0 radical (unpaired) electrons. The average molecular weight is 277 g/mol.